The predicted molar refractivity (Wildman–Crippen MR) is 70.3 cm³/mol. The summed E-state index contributed by atoms with van der Waals surface area (Å²) in [6.45, 7) is 5.70. The van der Waals surface area contributed by atoms with E-state index in [1.165, 1.54) is 0 Å². The first-order chi connectivity index (χ1) is 8.52. The van der Waals surface area contributed by atoms with Crippen molar-refractivity contribution in [1.82, 2.24) is 15.5 Å². The summed E-state index contributed by atoms with van der Waals surface area (Å²) in [5.41, 5.74) is 0. The minimum Gasteiger partial charge on any atom is -0.385 e. The van der Waals surface area contributed by atoms with Crippen LogP contribution in [0, 0.1) is 0 Å². The molecule has 6 heteroatoms. The number of carbonyl (C=O) groups is 2. The van der Waals surface area contributed by atoms with Crippen LogP contribution in [-0.4, -0.2) is 63.2 Å². The number of likely N-dealkylation sites (N-methyl/N-ethyl adjacent to an activating group) is 1. The molecule has 0 radical (unpaired) electrons. The molecule has 2 N–H and O–H groups in total. The Bertz CT molecular complexity index is 259. The molecule has 1 atom stereocenters. The monoisotopic (exact) mass is 259 g/mol. The molecular weight excluding hydrogens is 234 g/mol. The Hall–Kier alpha value is -1.14. The van der Waals surface area contributed by atoms with Crippen LogP contribution in [0.15, 0.2) is 0 Å². The van der Waals surface area contributed by atoms with Gasteiger partial charge in [0.2, 0.25) is 11.8 Å². The molecule has 0 aliphatic carbocycles. The van der Waals surface area contributed by atoms with Gasteiger partial charge in [-0.05, 0) is 20.3 Å². The number of hydrogen-bond donors (Lipinski definition) is 2. The van der Waals surface area contributed by atoms with E-state index in [1.54, 1.807) is 26.0 Å². The molecule has 0 bridgehead atoms. The van der Waals surface area contributed by atoms with Gasteiger partial charge in [0.25, 0.3) is 0 Å². The lowest BCUT2D eigenvalue weighted by Crippen LogP contribution is -2.46. The molecule has 0 spiro atoms. The lowest BCUT2D eigenvalue weighted by Gasteiger charge is -2.20. The van der Waals surface area contributed by atoms with Crippen molar-refractivity contribution in [3.8, 4) is 0 Å². The SMILES string of the molecule is CCN(C)C(=O)C(C)NCC(=O)NCCCOC. The minimum absolute atomic E-state index is 0.00955. The molecule has 0 heterocycles. The van der Waals surface area contributed by atoms with Crippen molar-refractivity contribution in [3.05, 3.63) is 0 Å². The fourth-order valence-corrected chi connectivity index (χ4v) is 1.33. The van der Waals surface area contributed by atoms with Crippen molar-refractivity contribution in [3.63, 3.8) is 0 Å². The first-order valence-electron chi connectivity index (χ1n) is 6.26. The summed E-state index contributed by atoms with van der Waals surface area (Å²) in [6.07, 6.45) is 0.787. The highest BCUT2D eigenvalue weighted by atomic mass is 16.5. The van der Waals surface area contributed by atoms with E-state index in [1.807, 2.05) is 6.92 Å². The molecule has 18 heavy (non-hydrogen) atoms. The van der Waals surface area contributed by atoms with E-state index in [0.717, 1.165) is 6.42 Å². The molecule has 106 valence electrons. The Balaban J connectivity index is 3.74. The molecule has 0 aromatic carbocycles. The normalized spacial score (nSPS) is 12.0. The molecule has 0 saturated carbocycles. The predicted octanol–water partition coefficient (Wildman–Crippen LogP) is -0.404. The van der Waals surface area contributed by atoms with E-state index in [0.29, 0.717) is 19.7 Å². The number of nitrogens with one attached hydrogen (secondary N) is 2. The molecule has 2 amide bonds. The van der Waals surface area contributed by atoms with Crippen LogP contribution in [0.2, 0.25) is 0 Å². The Morgan fingerprint density at radius 3 is 2.61 bits per heavy atom. The van der Waals surface area contributed by atoms with Crippen LogP contribution < -0.4 is 10.6 Å². The smallest absolute Gasteiger partial charge is 0.239 e. The first kappa shape index (κ1) is 16.9. The van der Waals surface area contributed by atoms with Gasteiger partial charge in [0.1, 0.15) is 0 Å². The highest BCUT2D eigenvalue weighted by Gasteiger charge is 2.16. The maximum Gasteiger partial charge on any atom is 0.239 e. The third-order valence-corrected chi connectivity index (χ3v) is 2.64. The fourth-order valence-electron chi connectivity index (χ4n) is 1.33. The Kier molecular flexibility index (Phi) is 9.22. The fraction of sp³-hybridized carbons (Fsp3) is 0.833. The van der Waals surface area contributed by atoms with Crippen molar-refractivity contribution < 1.29 is 14.3 Å². The van der Waals surface area contributed by atoms with Crippen molar-refractivity contribution in [2.45, 2.75) is 26.3 Å². The number of amides is 2. The van der Waals surface area contributed by atoms with Crippen LogP contribution in [0.25, 0.3) is 0 Å². The molecule has 1 unspecified atom stereocenters. The highest BCUT2D eigenvalue weighted by molar-refractivity contribution is 5.83. The molecule has 0 fully saturated rings. The quantitative estimate of drug-likeness (QED) is 0.553. The van der Waals surface area contributed by atoms with E-state index < -0.39 is 0 Å². The van der Waals surface area contributed by atoms with Crippen LogP contribution in [0.5, 0.6) is 0 Å². The summed E-state index contributed by atoms with van der Waals surface area (Å²) in [6, 6.07) is -0.348. The standard InChI is InChI=1S/C12H25N3O3/c1-5-15(3)12(17)10(2)14-9-11(16)13-7-6-8-18-4/h10,14H,5-9H2,1-4H3,(H,13,16). The average Bonchev–Trinajstić information content (AvgIpc) is 2.39. The number of nitrogens with zero attached hydrogens (tertiary/aromatic N) is 1. The van der Waals surface area contributed by atoms with Crippen LogP contribution >= 0.6 is 0 Å². The zero-order valence-electron chi connectivity index (χ0n) is 11.8. The van der Waals surface area contributed by atoms with Gasteiger partial charge in [0.15, 0.2) is 0 Å². The Labute approximate surface area is 109 Å². The number of hydrogen-bond acceptors (Lipinski definition) is 4. The third kappa shape index (κ3) is 7.24. The van der Waals surface area contributed by atoms with E-state index in [-0.39, 0.29) is 24.4 Å². The van der Waals surface area contributed by atoms with Gasteiger partial charge < -0.3 is 15.0 Å². The summed E-state index contributed by atoms with van der Waals surface area (Å²) in [5.74, 6) is -0.116. The first-order valence-corrected chi connectivity index (χ1v) is 6.26. The van der Waals surface area contributed by atoms with Gasteiger partial charge in [-0.2, -0.15) is 0 Å². The van der Waals surface area contributed by atoms with E-state index in [4.69, 9.17) is 4.74 Å². The van der Waals surface area contributed by atoms with Gasteiger partial charge in [-0.1, -0.05) is 0 Å². The molecule has 0 aromatic rings. The maximum atomic E-state index is 11.7. The van der Waals surface area contributed by atoms with Crippen LogP contribution in [0.1, 0.15) is 20.3 Å². The second-order valence-corrected chi connectivity index (χ2v) is 4.15. The van der Waals surface area contributed by atoms with Gasteiger partial charge in [-0.25, -0.2) is 0 Å². The van der Waals surface area contributed by atoms with Crippen molar-refractivity contribution in [2.24, 2.45) is 0 Å². The van der Waals surface area contributed by atoms with Crippen LogP contribution in [0.3, 0.4) is 0 Å². The van der Waals surface area contributed by atoms with Crippen LogP contribution in [0.4, 0.5) is 0 Å². The largest absolute Gasteiger partial charge is 0.385 e. The topological polar surface area (TPSA) is 70.7 Å². The average molecular weight is 259 g/mol. The molecule has 6 nitrogen and oxygen atoms in total. The zero-order chi connectivity index (χ0) is 14.0. The summed E-state index contributed by atoms with van der Waals surface area (Å²) < 4.78 is 4.87. The zero-order valence-corrected chi connectivity index (χ0v) is 11.8. The molecule has 0 aliphatic heterocycles. The van der Waals surface area contributed by atoms with E-state index in [9.17, 15) is 9.59 Å². The van der Waals surface area contributed by atoms with Crippen molar-refractivity contribution in [1.29, 1.82) is 0 Å². The van der Waals surface area contributed by atoms with Gasteiger partial charge in [-0.3, -0.25) is 14.9 Å². The van der Waals surface area contributed by atoms with Gasteiger partial charge >= 0.3 is 0 Å². The van der Waals surface area contributed by atoms with Gasteiger partial charge in [0.05, 0.1) is 12.6 Å². The van der Waals surface area contributed by atoms with E-state index >= 15 is 0 Å². The van der Waals surface area contributed by atoms with Gasteiger partial charge in [0, 0.05) is 33.9 Å². The third-order valence-electron chi connectivity index (χ3n) is 2.64. The maximum absolute atomic E-state index is 11.7. The second-order valence-electron chi connectivity index (χ2n) is 4.15. The molecule has 0 aromatic heterocycles. The molecule has 0 rings (SSSR count). The Morgan fingerprint density at radius 1 is 1.39 bits per heavy atom. The summed E-state index contributed by atoms with van der Waals surface area (Å²) >= 11 is 0. The van der Waals surface area contributed by atoms with Crippen molar-refractivity contribution in [2.75, 3.05) is 40.4 Å². The lowest BCUT2D eigenvalue weighted by atomic mass is 10.3. The lowest BCUT2D eigenvalue weighted by molar-refractivity contribution is -0.131. The highest BCUT2D eigenvalue weighted by Crippen LogP contribution is 1.90. The summed E-state index contributed by atoms with van der Waals surface area (Å²) in [4.78, 5) is 24.8. The minimum atomic E-state index is -0.348. The van der Waals surface area contributed by atoms with Gasteiger partial charge in [-0.15, -0.1) is 0 Å². The van der Waals surface area contributed by atoms with E-state index in [2.05, 4.69) is 10.6 Å². The molecular formula is C12H25N3O3. The Morgan fingerprint density at radius 2 is 2.06 bits per heavy atom. The molecule has 0 saturated heterocycles. The number of methoxy groups -OCH3 is 1. The number of carbonyl (C=O) groups excluding carboxylic acids is 2. The van der Waals surface area contributed by atoms with Crippen molar-refractivity contribution >= 4 is 11.8 Å². The second kappa shape index (κ2) is 9.85. The summed E-state index contributed by atoms with van der Waals surface area (Å²) in [7, 11) is 3.37. The number of ether oxygens (including phenoxy) is 1. The van der Waals surface area contributed by atoms with Crippen LogP contribution in [-0.2, 0) is 14.3 Å². The molecule has 0 aliphatic rings. The number of rotatable bonds is 9. The summed E-state index contributed by atoms with van der Waals surface area (Å²) in [5, 5.41) is 5.65.